The fourth-order valence-corrected chi connectivity index (χ4v) is 1.52. The summed E-state index contributed by atoms with van der Waals surface area (Å²) < 4.78 is 13.0. The summed E-state index contributed by atoms with van der Waals surface area (Å²) in [4.78, 5) is 0. The van der Waals surface area contributed by atoms with Gasteiger partial charge in [-0.15, -0.1) is 6.42 Å². The monoisotopic (exact) mass is 205 g/mol. The molecule has 1 rings (SSSR count). The maximum absolute atomic E-state index is 13.0. The van der Waals surface area contributed by atoms with Gasteiger partial charge in [0.2, 0.25) is 0 Å². The molecular formula is C13H16FN. The summed E-state index contributed by atoms with van der Waals surface area (Å²) in [6.07, 6.45) is 6.18. The van der Waals surface area contributed by atoms with Crippen LogP contribution >= 0.6 is 0 Å². The van der Waals surface area contributed by atoms with E-state index in [2.05, 4.69) is 11.2 Å². The average molecular weight is 205 g/mol. The third-order valence-electron chi connectivity index (χ3n) is 2.36. The fraction of sp³-hybridized carbons (Fsp3) is 0.385. The molecule has 1 aromatic rings. The van der Waals surface area contributed by atoms with E-state index in [4.69, 9.17) is 6.42 Å². The topological polar surface area (TPSA) is 12.0 Å². The van der Waals surface area contributed by atoms with Crippen LogP contribution in [-0.2, 0) is 0 Å². The summed E-state index contributed by atoms with van der Waals surface area (Å²) in [6, 6.07) is 6.74. The lowest BCUT2D eigenvalue weighted by molar-refractivity contribution is 0.494. The normalized spacial score (nSPS) is 14.3. The second-order valence-corrected chi connectivity index (χ2v) is 3.57. The molecule has 0 aromatic heterocycles. The molecule has 0 aliphatic heterocycles. The van der Waals surface area contributed by atoms with Crippen LogP contribution in [0.2, 0.25) is 0 Å². The number of halogens is 1. The maximum Gasteiger partial charge on any atom is 0.123 e. The second kappa shape index (κ2) is 5.53. The molecule has 15 heavy (non-hydrogen) atoms. The van der Waals surface area contributed by atoms with Crippen molar-refractivity contribution in [2.24, 2.45) is 0 Å². The molecule has 0 saturated carbocycles. The molecule has 0 amide bonds. The van der Waals surface area contributed by atoms with Crippen LogP contribution in [0, 0.1) is 18.2 Å². The van der Waals surface area contributed by atoms with Crippen LogP contribution in [0.5, 0.6) is 0 Å². The van der Waals surface area contributed by atoms with Crippen LogP contribution in [0.25, 0.3) is 0 Å². The van der Waals surface area contributed by atoms with Crippen molar-refractivity contribution < 1.29 is 4.39 Å². The zero-order valence-electron chi connectivity index (χ0n) is 9.13. The van der Waals surface area contributed by atoms with Gasteiger partial charge in [-0.3, -0.25) is 5.32 Å². The van der Waals surface area contributed by atoms with Crippen molar-refractivity contribution in [3.05, 3.63) is 35.6 Å². The Hall–Kier alpha value is -1.33. The molecule has 2 unspecified atom stereocenters. The van der Waals surface area contributed by atoms with Crippen molar-refractivity contribution in [2.75, 3.05) is 0 Å². The number of rotatable bonds is 4. The highest BCUT2D eigenvalue weighted by molar-refractivity contribution is 5.20. The molecule has 0 aliphatic rings. The molecule has 0 bridgehead atoms. The Balaban J connectivity index is 2.79. The number of nitrogens with one attached hydrogen (secondary N) is 1. The van der Waals surface area contributed by atoms with E-state index in [9.17, 15) is 4.39 Å². The molecule has 2 heteroatoms. The van der Waals surface area contributed by atoms with E-state index in [1.54, 1.807) is 12.1 Å². The van der Waals surface area contributed by atoms with Crippen LogP contribution in [0.1, 0.15) is 31.9 Å². The molecule has 2 atom stereocenters. The zero-order valence-corrected chi connectivity index (χ0v) is 9.13. The van der Waals surface area contributed by atoms with Gasteiger partial charge in [-0.2, -0.15) is 0 Å². The molecule has 0 saturated heterocycles. The average Bonchev–Trinajstić information content (AvgIpc) is 2.25. The minimum Gasteiger partial charge on any atom is -0.297 e. The summed E-state index contributed by atoms with van der Waals surface area (Å²) >= 11 is 0. The number of hydrogen-bond donors (Lipinski definition) is 1. The Morgan fingerprint density at radius 1 is 1.53 bits per heavy atom. The highest BCUT2D eigenvalue weighted by Gasteiger charge is 2.11. The lowest BCUT2D eigenvalue weighted by Crippen LogP contribution is -2.28. The maximum atomic E-state index is 13.0. The predicted molar refractivity (Wildman–Crippen MR) is 60.9 cm³/mol. The second-order valence-electron chi connectivity index (χ2n) is 3.57. The molecule has 0 aliphatic carbocycles. The minimum absolute atomic E-state index is 0.00165. The summed E-state index contributed by atoms with van der Waals surface area (Å²) in [5.41, 5.74) is 0.944. The molecule has 80 valence electrons. The number of hydrogen-bond acceptors (Lipinski definition) is 1. The first kappa shape index (κ1) is 11.7. The third kappa shape index (κ3) is 3.38. The zero-order chi connectivity index (χ0) is 11.3. The molecule has 0 radical (unpaired) electrons. The first-order chi connectivity index (χ1) is 7.17. The standard InChI is InChI=1S/C13H16FN/c1-4-10(3)15-13(5-2)11-7-6-8-12(14)9-11/h1,6-10,13,15H,5H2,2-3H3. The van der Waals surface area contributed by atoms with E-state index >= 15 is 0 Å². The quantitative estimate of drug-likeness (QED) is 0.745. The van der Waals surface area contributed by atoms with Gasteiger partial charge in [0.05, 0.1) is 6.04 Å². The van der Waals surface area contributed by atoms with Crippen molar-refractivity contribution in [3.63, 3.8) is 0 Å². The van der Waals surface area contributed by atoms with Crippen LogP contribution in [0.4, 0.5) is 4.39 Å². The molecular weight excluding hydrogens is 189 g/mol. The van der Waals surface area contributed by atoms with Gasteiger partial charge < -0.3 is 0 Å². The summed E-state index contributed by atoms with van der Waals surface area (Å²) in [5, 5.41) is 3.26. The van der Waals surface area contributed by atoms with Gasteiger partial charge in [0.15, 0.2) is 0 Å². The summed E-state index contributed by atoms with van der Waals surface area (Å²) in [6.45, 7) is 3.97. The molecule has 1 N–H and O–H groups in total. The highest BCUT2D eigenvalue weighted by Crippen LogP contribution is 2.17. The van der Waals surface area contributed by atoms with Gasteiger partial charge in [-0.1, -0.05) is 25.0 Å². The van der Waals surface area contributed by atoms with Gasteiger partial charge >= 0.3 is 0 Å². The number of terminal acetylenes is 1. The molecule has 0 spiro atoms. The minimum atomic E-state index is -0.207. The smallest absolute Gasteiger partial charge is 0.123 e. The molecule has 1 aromatic carbocycles. The Morgan fingerprint density at radius 3 is 2.80 bits per heavy atom. The van der Waals surface area contributed by atoms with E-state index in [1.165, 1.54) is 6.07 Å². The Morgan fingerprint density at radius 2 is 2.27 bits per heavy atom. The van der Waals surface area contributed by atoms with Gasteiger partial charge in [-0.05, 0) is 31.0 Å². The van der Waals surface area contributed by atoms with E-state index < -0.39 is 0 Å². The Bertz CT molecular complexity index is 354. The lowest BCUT2D eigenvalue weighted by Gasteiger charge is -2.19. The SMILES string of the molecule is C#CC(C)NC(CC)c1cccc(F)c1. The van der Waals surface area contributed by atoms with Gasteiger partial charge in [0.1, 0.15) is 5.82 Å². The summed E-state index contributed by atoms with van der Waals surface area (Å²) in [5.74, 6) is 2.40. The van der Waals surface area contributed by atoms with Crippen molar-refractivity contribution in [1.82, 2.24) is 5.32 Å². The van der Waals surface area contributed by atoms with Crippen LogP contribution in [0.15, 0.2) is 24.3 Å². The van der Waals surface area contributed by atoms with E-state index in [0.717, 1.165) is 12.0 Å². The summed E-state index contributed by atoms with van der Waals surface area (Å²) in [7, 11) is 0. The van der Waals surface area contributed by atoms with E-state index in [-0.39, 0.29) is 17.9 Å². The first-order valence-corrected chi connectivity index (χ1v) is 5.15. The largest absolute Gasteiger partial charge is 0.297 e. The Labute approximate surface area is 90.7 Å². The highest BCUT2D eigenvalue weighted by atomic mass is 19.1. The van der Waals surface area contributed by atoms with E-state index in [0.29, 0.717) is 0 Å². The van der Waals surface area contributed by atoms with Crippen molar-refractivity contribution in [2.45, 2.75) is 32.4 Å². The fourth-order valence-electron chi connectivity index (χ4n) is 1.52. The molecule has 0 fully saturated rings. The van der Waals surface area contributed by atoms with Crippen LogP contribution < -0.4 is 5.32 Å². The number of benzene rings is 1. The van der Waals surface area contributed by atoms with Crippen molar-refractivity contribution in [1.29, 1.82) is 0 Å². The van der Waals surface area contributed by atoms with Crippen LogP contribution in [-0.4, -0.2) is 6.04 Å². The lowest BCUT2D eigenvalue weighted by atomic mass is 10.0. The Kier molecular flexibility index (Phi) is 4.33. The van der Waals surface area contributed by atoms with Gasteiger partial charge in [0, 0.05) is 6.04 Å². The first-order valence-electron chi connectivity index (χ1n) is 5.15. The van der Waals surface area contributed by atoms with Crippen molar-refractivity contribution >= 4 is 0 Å². The predicted octanol–water partition coefficient (Wildman–Crippen LogP) is 2.89. The van der Waals surface area contributed by atoms with Crippen LogP contribution in [0.3, 0.4) is 0 Å². The molecule has 0 heterocycles. The van der Waals surface area contributed by atoms with E-state index in [1.807, 2.05) is 19.9 Å². The third-order valence-corrected chi connectivity index (χ3v) is 2.36. The van der Waals surface area contributed by atoms with Crippen molar-refractivity contribution in [3.8, 4) is 12.3 Å². The molecule has 1 nitrogen and oxygen atoms in total. The van der Waals surface area contributed by atoms with Gasteiger partial charge in [-0.25, -0.2) is 4.39 Å². The van der Waals surface area contributed by atoms with Gasteiger partial charge in [0.25, 0.3) is 0 Å².